The second-order valence-corrected chi connectivity index (χ2v) is 7.96. The molecule has 0 radical (unpaired) electrons. The SMILES string of the molecule is NC(=O)c1ccccc1CNC(=O)c1ccc(-c2cc(C(F)(F)F)nn2-c2ccccc2Cl)cc1. The number of amides is 2. The van der Waals surface area contributed by atoms with Crippen molar-refractivity contribution >= 4 is 23.4 Å². The van der Waals surface area contributed by atoms with E-state index in [0.29, 0.717) is 16.7 Å². The molecule has 4 aromatic rings. The number of aromatic nitrogens is 2. The molecule has 0 saturated heterocycles. The van der Waals surface area contributed by atoms with Crippen LogP contribution in [0.1, 0.15) is 32.0 Å². The molecule has 178 valence electrons. The number of rotatable bonds is 6. The second-order valence-electron chi connectivity index (χ2n) is 7.56. The molecule has 10 heteroatoms. The van der Waals surface area contributed by atoms with Crippen molar-refractivity contribution < 1.29 is 22.8 Å². The molecule has 0 spiro atoms. The lowest BCUT2D eigenvalue weighted by molar-refractivity contribution is -0.141. The van der Waals surface area contributed by atoms with E-state index in [9.17, 15) is 22.8 Å². The zero-order valence-corrected chi connectivity index (χ0v) is 18.8. The molecule has 0 fully saturated rings. The van der Waals surface area contributed by atoms with Crippen LogP contribution in [0.25, 0.3) is 16.9 Å². The molecule has 0 unspecified atom stereocenters. The third kappa shape index (κ3) is 5.20. The number of nitrogens with two attached hydrogens (primary N) is 1. The van der Waals surface area contributed by atoms with E-state index in [1.807, 2.05) is 0 Å². The first kappa shape index (κ1) is 24.0. The normalized spacial score (nSPS) is 11.3. The molecule has 0 aliphatic heterocycles. The van der Waals surface area contributed by atoms with E-state index in [-0.39, 0.29) is 28.5 Å². The highest BCUT2D eigenvalue weighted by Crippen LogP contribution is 2.34. The van der Waals surface area contributed by atoms with Crippen molar-refractivity contribution in [1.82, 2.24) is 15.1 Å². The Morgan fingerprint density at radius 1 is 0.971 bits per heavy atom. The van der Waals surface area contributed by atoms with Crippen LogP contribution in [0.5, 0.6) is 0 Å². The van der Waals surface area contributed by atoms with Crippen LogP contribution in [0.4, 0.5) is 13.2 Å². The van der Waals surface area contributed by atoms with E-state index in [2.05, 4.69) is 10.4 Å². The number of nitrogens with one attached hydrogen (secondary N) is 1. The average Bonchev–Trinajstić information content (AvgIpc) is 3.29. The van der Waals surface area contributed by atoms with Gasteiger partial charge in [0, 0.05) is 23.2 Å². The Bertz CT molecular complexity index is 1400. The maximum absolute atomic E-state index is 13.4. The van der Waals surface area contributed by atoms with Crippen molar-refractivity contribution in [2.24, 2.45) is 5.73 Å². The minimum atomic E-state index is -4.65. The monoisotopic (exact) mass is 498 g/mol. The van der Waals surface area contributed by atoms with Crippen molar-refractivity contribution in [2.75, 3.05) is 0 Å². The van der Waals surface area contributed by atoms with Gasteiger partial charge in [0.25, 0.3) is 5.91 Å². The molecule has 4 rings (SSSR count). The highest BCUT2D eigenvalue weighted by molar-refractivity contribution is 6.32. The van der Waals surface area contributed by atoms with Crippen LogP contribution in [0.3, 0.4) is 0 Å². The first-order chi connectivity index (χ1) is 16.6. The maximum atomic E-state index is 13.4. The molecular formula is C25H18ClF3N4O2. The molecule has 6 nitrogen and oxygen atoms in total. The van der Waals surface area contributed by atoms with Gasteiger partial charge in [-0.2, -0.15) is 18.3 Å². The molecule has 2 amide bonds. The zero-order valence-electron chi connectivity index (χ0n) is 18.0. The molecule has 0 aliphatic carbocycles. The van der Waals surface area contributed by atoms with Crippen molar-refractivity contribution in [2.45, 2.75) is 12.7 Å². The summed E-state index contributed by atoms with van der Waals surface area (Å²) in [5.41, 5.74) is 6.29. The number of benzene rings is 3. The zero-order chi connectivity index (χ0) is 25.2. The summed E-state index contributed by atoms with van der Waals surface area (Å²) in [4.78, 5) is 24.2. The van der Waals surface area contributed by atoms with Crippen LogP contribution >= 0.6 is 11.6 Å². The van der Waals surface area contributed by atoms with E-state index in [4.69, 9.17) is 17.3 Å². The molecule has 1 aromatic heterocycles. The third-order valence-corrected chi connectivity index (χ3v) is 5.57. The van der Waals surface area contributed by atoms with Crippen LogP contribution in [0.15, 0.2) is 78.9 Å². The number of para-hydroxylation sites is 1. The second kappa shape index (κ2) is 9.63. The van der Waals surface area contributed by atoms with Gasteiger partial charge in [0.05, 0.1) is 16.4 Å². The lowest BCUT2D eigenvalue weighted by Crippen LogP contribution is -2.24. The van der Waals surface area contributed by atoms with E-state index in [0.717, 1.165) is 10.7 Å². The van der Waals surface area contributed by atoms with Gasteiger partial charge in [-0.1, -0.05) is 54.1 Å². The van der Waals surface area contributed by atoms with Gasteiger partial charge in [-0.15, -0.1) is 0 Å². The van der Waals surface area contributed by atoms with Crippen molar-refractivity contribution in [3.8, 4) is 16.9 Å². The maximum Gasteiger partial charge on any atom is 0.435 e. The summed E-state index contributed by atoms with van der Waals surface area (Å²) in [6, 6.07) is 20.0. The fourth-order valence-electron chi connectivity index (χ4n) is 3.52. The van der Waals surface area contributed by atoms with Gasteiger partial charge < -0.3 is 11.1 Å². The Morgan fingerprint density at radius 3 is 2.29 bits per heavy atom. The molecule has 0 saturated carbocycles. The standard InChI is InChI=1S/C25H18ClF3N4O2/c26-19-7-3-4-8-20(19)33-21(13-22(32-33)25(27,28)29)15-9-11-16(12-10-15)24(35)31-14-17-5-1-2-6-18(17)23(30)34/h1-13H,14H2,(H2,30,34)(H,31,35). The molecule has 0 atom stereocenters. The fourth-order valence-corrected chi connectivity index (χ4v) is 3.73. The van der Waals surface area contributed by atoms with Gasteiger partial charge in [-0.25, -0.2) is 4.68 Å². The number of carbonyl (C=O) groups excluding carboxylic acids is 2. The van der Waals surface area contributed by atoms with E-state index in [1.54, 1.807) is 48.5 Å². The van der Waals surface area contributed by atoms with Gasteiger partial charge in [0.15, 0.2) is 5.69 Å². The Kier molecular flexibility index (Phi) is 6.61. The first-order valence-corrected chi connectivity index (χ1v) is 10.7. The lowest BCUT2D eigenvalue weighted by Gasteiger charge is -2.11. The minimum Gasteiger partial charge on any atom is -0.366 e. The third-order valence-electron chi connectivity index (χ3n) is 5.25. The van der Waals surface area contributed by atoms with E-state index < -0.39 is 23.7 Å². The summed E-state index contributed by atoms with van der Waals surface area (Å²) < 4.78 is 41.3. The smallest absolute Gasteiger partial charge is 0.366 e. The molecule has 1 heterocycles. The van der Waals surface area contributed by atoms with Gasteiger partial charge in [-0.05, 0) is 42.0 Å². The number of primary amides is 1. The number of alkyl halides is 3. The first-order valence-electron chi connectivity index (χ1n) is 10.3. The summed E-state index contributed by atoms with van der Waals surface area (Å²) in [6.45, 7) is 0.0773. The number of hydrogen-bond acceptors (Lipinski definition) is 3. The lowest BCUT2D eigenvalue weighted by atomic mass is 10.1. The summed E-state index contributed by atoms with van der Waals surface area (Å²) in [6.07, 6.45) is -4.65. The van der Waals surface area contributed by atoms with Gasteiger partial charge >= 0.3 is 6.18 Å². The highest BCUT2D eigenvalue weighted by atomic mass is 35.5. The van der Waals surface area contributed by atoms with E-state index in [1.165, 1.54) is 24.3 Å². The van der Waals surface area contributed by atoms with Crippen LogP contribution < -0.4 is 11.1 Å². The Morgan fingerprint density at radius 2 is 1.63 bits per heavy atom. The van der Waals surface area contributed by atoms with Crippen LogP contribution in [0, 0.1) is 0 Å². The fraction of sp³-hybridized carbons (Fsp3) is 0.0800. The van der Waals surface area contributed by atoms with Crippen LogP contribution in [-0.4, -0.2) is 21.6 Å². The predicted molar refractivity (Wildman–Crippen MR) is 125 cm³/mol. The molecule has 0 aliphatic rings. The Hall–Kier alpha value is -4.11. The van der Waals surface area contributed by atoms with Crippen molar-refractivity contribution in [3.63, 3.8) is 0 Å². The predicted octanol–water partition coefficient (Wildman–Crippen LogP) is 5.24. The molecular weight excluding hydrogens is 481 g/mol. The summed E-state index contributed by atoms with van der Waals surface area (Å²) in [5.74, 6) is -1.03. The molecule has 0 bridgehead atoms. The largest absolute Gasteiger partial charge is 0.435 e. The minimum absolute atomic E-state index is 0.0773. The van der Waals surface area contributed by atoms with E-state index >= 15 is 0 Å². The van der Waals surface area contributed by atoms with Crippen LogP contribution in [-0.2, 0) is 12.7 Å². The van der Waals surface area contributed by atoms with Gasteiger partial charge in [0.2, 0.25) is 5.91 Å². The molecule has 3 aromatic carbocycles. The highest BCUT2D eigenvalue weighted by Gasteiger charge is 2.35. The van der Waals surface area contributed by atoms with Crippen molar-refractivity contribution in [3.05, 3.63) is 106 Å². The van der Waals surface area contributed by atoms with Gasteiger partial charge in [-0.3, -0.25) is 9.59 Å². The number of halogens is 4. The number of carbonyl (C=O) groups is 2. The Labute approximate surface area is 203 Å². The Balaban J connectivity index is 1.60. The number of hydrogen-bond donors (Lipinski definition) is 2. The summed E-state index contributed by atoms with van der Waals surface area (Å²) in [7, 11) is 0. The van der Waals surface area contributed by atoms with Crippen LogP contribution in [0.2, 0.25) is 5.02 Å². The molecule has 3 N–H and O–H groups in total. The molecule has 35 heavy (non-hydrogen) atoms. The summed E-state index contributed by atoms with van der Waals surface area (Å²) in [5, 5.41) is 6.66. The number of nitrogens with zero attached hydrogens (tertiary/aromatic N) is 2. The topological polar surface area (TPSA) is 90.0 Å². The summed E-state index contributed by atoms with van der Waals surface area (Å²) >= 11 is 6.20. The average molecular weight is 499 g/mol. The quantitative estimate of drug-likeness (QED) is 0.381. The van der Waals surface area contributed by atoms with Gasteiger partial charge in [0.1, 0.15) is 0 Å². The van der Waals surface area contributed by atoms with Crippen molar-refractivity contribution in [1.29, 1.82) is 0 Å².